The third-order valence-corrected chi connectivity index (χ3v) is 11.6. The molecule has 0 saturated carbocycles. The minimum Gasteiger partial charge on any atom is -0.477 e. The number of nitrogens with one attached hydrogen (secondary N) is 1. The molecule has 0 spiro atoms. The average Bonchev–Trinajstić information content (AvgIpc) is 3.38. The first-order valence-electron chi connectivity index (χ1n) is 8.98. The van der Waals surface area contributed by atoms with E-state index in [0.29, 0.717) is 20.5 Å². The number of hydrogen-bond donors (Lipinski definition) is 2. The molecule has 2 aliphatic rings. The molecule has 2 N–H and O–H groups in total. The number of rotatable bonds is 8. The summed E-state index contributed by atoms with van der Waals surface area (Å²) >= 11 is 5.35. The van der Waals surface area contributed by atoms with E-state index in [2.05, 4.69) is 15.5 Å². The van der Waals surface area contributed by atoms with Gasteiger partial charge in [0.2, 0.25) is 20.1 Å². The Bertz CT molecular complexity index is 1330. The van der Waals surface area contributed by atoms with Crippen molar-refractivity contribution in [3.05, 3.63) is 30.4 Å². The van der Waals surface area contributed by atoms with Gasteiger partial charge in [-0.1, -0.05) is 45.8 Å². The summed E-state index contributed by atoms with van der Waals surface area (Å²) in [6.07, 6.45) is 1.00. The number of β-lactam (4-membered cyclic amide) rings is 1. The highest BCUT2D eigenvalue weighted by Crippen LogP contribution is 2.42. The number of carboxylic acids is 1. The number of fused-ring (bicyclic) bond motifs is 1. The lowest BCUT2D eigenvalue weighted by Gasteiger charge is -2.49. The van der Waals surface area contributed by atoms with Crippen LogP contribution >= 0.6 is 57.5 Å². The van der Waals surface area contributed by atoms with Crippen LogP contribution in [0, 0.1) is 0 Å². The van der Waals surface area contributed by atoms with Gasteiger partial charge in [-0.15, -0.1) is 22.0 Å². The fourth-order valence-corrected chi connectivity index (χ4v) is 9.06. The third-order valence-electron chi connectivity index (χ3n) is 4.48. The first-order valence-corrected chi connectivity index (χ1v) is 15.4. The molecule has 33 heavy (non-hydrogen) atoms. The highest BCUT2D eigenvalue weighted by molar-refractivity contribution is 8.02. The van der Waals surface area contributed by atoms with Gasteiger partial charge in [0.1, 0.15) is 17.1 Å². The van der Waals surface area contributed by atoms with E-state index in [-0.39, 0.29) is 26.3 Å². The lowest BCUT2D eigenvalue weighted by Crippen LogP contribution is -2.70. The van der Waals surface area contributed by atoms with Crippen molar-refractivity contribution < 1.29 is 27.9 Å². The summed E-state index contributed by atoms with van der Waals surface area (Å²) in [6.45, 7) is 0. The number of carbonyl (C=O) groups is 3. The Morgan fingerprint density at radius 1 is 1.30 bits per heavy atom. The van der Waals surface area contributed by atoms with Crippen LogP contribution in [0.2, 0.25) is 0 Å². The van der Waals surface area contributed by atoms with Crippen molar-refractivity contribution in [2.75, 3.05) is 17.8 Å². The molecule has 2 aromatic heterocycles. The smallest absolute Gasteiger partial charge is 0.352 e. The van der Waals surface area contributed by atoms with Crippen molar-refractivity contribution in [2.45, 2.75) is 26.5 Å². The highest BCUT2D eigenvalue weighted by Gasteiger charge is 2.54. The molecule has 2 aliphatic heterocycles. The van der Waals surface area contributed by atoms with Crippen LogP contribution in [0.5, 0.6) is 0 Å². The minimum absolute atomic E-state index is 0.0224. The van der Waals surface area contributed by atoms with Gasteiger partial charge in [0.25, 0.3) is 9.96 Å². The maximum atomic E-state index is 12.7. The quantitative estimate of drug-likeness (QED) is 0.338. The number of carboxylic acid groups (broad SMARTS) is 1. The zero-order chi connectivity index (χ0) is 23.9. The van der Waals surface area contributed by atoms with Crippen molar-refractivity contribution in [1.29, 1.82) is 0 Å². The van der Waals surface area contributed by atoms with Gasteiger partial charge in [-0.05, 0) is 5.57 Å². The third kappa shape index (κ3) is 5.17. The van der Waals surface area contributed by atoms with Crippen LogP contribution in [0.15, 0.2) is 30.1 Å². The van der Waals surface area contributed by atoms with Gasteiger partial charge < -0.3 is 10.4 Å². The van der Waals surface area contributed by atoms with E-state index >= 15 is 0 Å². The van der Waals surface area contributed by atoms with Crippen LogP contribution in [0.25, 0.3) is 0 Å². The Hall–Kier alpha value is -1.79. The van der Waals surface area contributed by atoms with Crippen LogP contribution in [0.1, 0.15) is 4.88 Å². The second-order valence-electron chi connectivity index (χ2n) is 6.84. The molecule has 2 amide bonds. The lowest BCUT2D eigenvalue weighted by atomic mass is 10.0. The molecule has 2 unspecified atom stereocenters. The number of carbonyl (C=O) groups excluding carboxylic acids is 2. The van der Waals surface area contributed by atoms with Crippen LogP contribution in [-0.4, -0.2) is 75.6 Å². The molecule has 1 fully saturated rings. The van der Waals surface area contributed by atoms with E-state index in [0.717, 1.165) is 52.0 Å². The molecule has 0 aromatic carbocycles. The van der Waals surface area contributed by atoms with Crippen molar-refractivity contribution >= 4 is 85.2 Å². The van der Waals surface area contributed by atoms with Gasteiger partial charge in [0.05, 0.1) is 6.42 Å². The summed E-state index contributed by atoms with van der Waals surface area (Å²) in [6, 6.07) is -0.845. The predicted molar refractivity (Wildman–Crippen MR) is 126 cm³/mol. The van der Waals surface area contributed by atoms with Crippen molar-refractivity contribution in [3.63, 3.8) is 0 Å². The molecule has 11 nitrogen and oxygen atoms in total. The summed E-state index contributed by atoms with van der Waals surface area (Å²) < 4.78 is 23.2. The number of aliphatic carboxylic acids is 1. The largest absolute Gasteiger partial charge is 0.477 e. The normalized spacial score (nSPS) is 20.4. The SMILES string of the molecule is CS(=O)(=O)c1nnc(SCC2=C(C(=O)O)N3C(=O)C(NC(=O)Cc4csc(=O)s4)C3SC2)s1. The maximum Gasteiger partial charge on any atom is 0.352 e. The molecule has 176 valence electrons. The highest BCUT2D eigenvalue weighted by atomic mass is 32.2. The van der Waals surface area contributed by atoms with Gasteiger partial charge in [-0.3, -0.25) is 19.3 Å². The van der Waals surface area contributed by atoms with E-state index in [4.69, 9.17) is 0 Å². The standard InChI is InChI=1S/C16H14N4O7S6/c1-33(26,27)15-19-18-14(32-15)29-4-6-3-28-12-9(11(22)20(12)10(6)13(23)24)17-8(21)2-7-5-30-16(25)31-7/h5,9,12H,2-4H2,1H3,(H,17,21)(H,23,24). The second kappa shape index (κ2) is 9.46. The van der Waals surface area contributed by atoms with Crippen molar-refractivity contribution in [1.82, 2.24) is 20.4 Å². The number of thioether (sulfide) groups is 2. The Morgan fingerprint density at radius 2 is 2.06 bits per heavy atom. The molecule has 4 heterocycles. The molecular formula is C16H14N4O7S6. The van der Waals surface area contributed by atoms with E-state index in [1.807, 2.05) is 0 Å². The van der Waals surface area contributed by atoms with Gasteiger partial charge in [0, 0.05) is 28.0 Å². The van der Waals surface area contributed by atoms with Crippen LogP contribution < -0.4 is 9.37 Å². The summed E-state index contributed by atoms with van der Waals surface area (Å²) in [4.78, 5) is 50.0. The summed E-state index contributed by atoms with van der Waals surface area (Å²) in [5.74, 6) is -1.68. The van der Waals surface area contributed by atoms with Gasteiger partial charge in [0.15, 0.2) is 4.34 Å². The van der Waals surface area contributed by atoms with E-state index in [9.17, 15) is 32.7 Å². The number of amides is 2. The number of aromatic nitrogens is 2. The Balaban J connectivity index is 1.43. The van der Waals surface area contributed by atoms with E-state index < -0.39 is 39.0 Å². The fraction of sp³-hybridized carbons (Fsp3) is 0.375. The topological polar surface area (TPSA) is 164 Å². The fourth-order valence-electron chi connectivity index (χ4n) is 3.08. The summed E-state index contributed by atoms with van der Waals surface area (Å²) in [5, 5.41) is 20.9. The van der Waals surface area contributed by atoms with Crippen molar-refractivity contribution in [3.8, 4) is 0 Å². The Morgan fingerprint density at radius 3 is 2.67 bits per heavy atom. The predicted octanol–water partition coefficient (Wildman–Crippen LogP) is 0.498. The van der Waals surface area contributed by atoms with Gasteiger partial charge in [-0.2, -0.15) is 0 Å². The molecular weight excluding hydrogens is 553 g/mol. The zero-order valence-electron chi connectivity index (χ0n) is 16.5. The van der Waals surface area contributed by atoms with Crippen LogP contribution in [0.4, 0.5) is 0 Å². The molecule has 1 saturated heterocycles. The van der Waals surface area contributed by atoms with Crippen molar-refractivity contribution in [2.24, 2.45) is 0 Å². The molecule has 4 rings (SSSR count). The van der Waals surface area contributed by atoms with Crippen LogP contribution in [-0.2, 0) is 30.6 Å². The molecule has 2 aromatic rings. The Labute approximate surface area is 207 Å². The molecule has 0 radical (unpaired) electrons. The molecule has 2 atom stereocenters. The monoisotopic (exact) mass is 566 g/mol. The summed E-state index contributed by atoms with van der Waals surface area (Å²) in [5.41, 5.74) is 0.358. The maximum absolute atomic E-state index is 12.7. The number of sulfone groups is 1. The van der Waals surface area contributed by atoms with Gasteiger partial charge in [-0.25, -0.2) is 13.2 Å². The van der Waals surface area contributed by atoms with Crippen LogP contribution in [0.3, 0.4) is 0 Å². The summed E-state index contributed by atoms with van der Waals surface area (Å²) in [7, 11) is -3.48. The first-order chi connectivity index (χ1) is 15.5. The Kier molecular flexibility index (Phi) is 6.97. The lowest BCUT2D eigenvalue weighted by molar-refractivity contribution is -0.150. The molecule has 0 bridgehead atoms. The number of nitrogens with zero attached hydrogens (tertiary/aromatic N) is 3. The second-order valence-corrected chi connectivity index (χ2v) is 14.5. The van der Waals surface area contributed by atoms with E-state index in [1.54, 1.807) is 5.38 Å². The number of hydrogen-bond acceptors (Lipinski definition) is 13. The minimum atomic E-state index is -3.48. The molecule has 17 heteroatoms. The first kappa shape index (κ1) is 24.3. The molecule has 0 aliphatic carbocycles. The van der Waals surface area contributed by atoms with E-state index in [1.165, 1.54) is 16.7 Å². The average molecular weight is 567 g/mol. The zero-order valence-corrected chi connectivity index (χ0v) is 21.4. The van der Waals surface area contributed by atoms with Gasteiger partial charge >= 0.3 is 5.97 Å².